The van der Waals surface area contributed by atoms with E-state index < -0.39 is 11.9 Å². The molecule has 0 bridgehead atoms. The minimum Gasteiger partial charge on any atom is -0.477 e. The summed E-state index contributed by atoms with van der Waals surface area (Å²) in [6, 6.07) is 0. The lowest BCUT2D eigenvalue weighted by molar-refractivity contribution is 0.0680. The molecule has 2 aromatic rings. The van der Waals surface area contributed by atoms with E-state index in [1.54, 1.807) is 14.1 Å². The third kappa shape index (κ3) is 2.98. The third-order valence-electron chi connectivity index (χ3n) is 3.38. The number of carboxylic acid groups (broad SMARTS) is 1. The zero-order valence-electron chi connectivity index (χ0n) is 13.8. The van der Waals surface area contributed by atoms with Gasteiger partial charge >= 0.3 is 5.97 Å². The van der Waals surface area contributed by atoms with Crippen molar-refractivity contribution in [2.24, 2.45) is 7.05 Å². The number of aryl methyl sites for hydroxylation is 2. The van der Waals surface area contributed by atoms with Crippen molar-refractivity contribution in [1.82, 2.24) is 24.5 Å². The molecular formula is C14H18N6O4. The number of amides is 2. The average molecular weight is 334 g/mol. The molecule has 2 amide bonds. The van der Waals surface area contributed by atoms with Gasteiger partial charge in [0.15, 0.2) is 5.69 Å². The van der Waals surface area contributed by atoms with Crippen molar-refractivity contribution in [2.75, 3.05) is 19.4 Å². The van der Waals surface area contributed by atoms with Crippen LogP contribution in [0.3, 0.4) is 0 Å². The van der Waals surface area contributed by atoms with Gasteiger partial charge in [0.05, 0.1) is 23.6 Å². The molecule has 10 heteroatoms. The van der Waals surface area contributed by atoms with Gasteiger partial charge in [-0.15, -0.1) is 0 Å². The molecule has 128 valence electrons. The summed E-state index contributed by atoms with van der Waals surface area (Å²) >= 11 is 0. The fraction of sp³-hybridized carbons (Fsp3) is 0.357. The highest BCUT2D eigenvalue weighted by Crippen LogP contribution is 2.19. The summed E-state index contributed by atoms with van der Waals surface area (Å²) in [4.78, 5) is 37.3. The number of aromatic nitrogens is 4. The maximum absolute atomic E-state index is 12.4. The number of rotatable bonds is 5. The number of carbonyl (C=O) groups excluding carboxylic acids is 2. The van der Waals surface area contributed by atoms with E-state index in [4.69, 9.17) is 0 Å². The Bertz CT molecular complexity index is 804. The number of carbonyl (C=O) groups is 3. The molecule has 0 unspecified atom stereocenters. The summed E-state index contributed by atoms with van der Waals surface area (Å²) in [7, 11) is 4.60. The second-order valence-corrected chi connectivity index (χ2v) is 5.21. The van der Waals surface area contributed by atoms with Gasteiger partial charge in [0.2, 0.25) is 0 Å². The van der Waals surface area contributed by atoms with Gasteiger partial charge in [-0.05, 0) is 6.92 Å². The van der Waals surface area contributed by atoms with Crippen LogP contribution in [-0.2, 0) is 13.6 Å². The van der Waals surface area contributed by atoms with Crippen LogP contribution in [0.1, 0.15) is 38.3 Å². The van der Waals surface area contributed by atoms with Gasteiger partial charge in [-0.1, -0.05) is 0 Å². The molecule has 0 aliphatic rings. The third-order valence-corrected chi connectivity index (χ3v) is 3.38. The predicted molar refractivity (Wildman–Crippen MR) is 84.0 cm³/mol. The molecule has 0 fully saturated rings. The highest BCUT2D eigenvalue weighted by Gasteiger charge is 2.25. The lowest BCUT2D eigenvalue weighted by Gasteiger charge is -2.13. The SMILES string of the molecule is CCn1ncc(NC(=O)c2cnn(C)c2C(=O)O)c1C(=O)N(C)C. The first-order valence-corrected chi connectivity index (χ1v) is 7.12. The number of nitrogens with one attached hydrogen (secondary N) is 1. The first-order valence-electron chi connectivity index (χ1n) is 7.12. The summed E-state index contributed by atoms with van der Waals surface area (Å²) in [5.41, 5.74) is 0.0886. The van der Waals surface area contributed by atoms with E-state index in [0.29, 0.717) is 6.54 Å². The lowest BCUT2D eigenvalue weighted by Crippen LogP contribution is -2.27. The van der Waals surface area contributed by atoms with Crippen molar-refractivity contribution in [3.63, 3.8) is 0 Å². The fourth-order valence-electron chi connectivity index (χ4n) is 2.20. The highest BCUT2D eigenvalue weighted by atomic mass is 16.4. The molecule has 0 saturated carbocycles. The average Bonchev–Trinajstić information content (AvgIpc) is 3.09. The summed E-state index contributed by atoms with van der Waals surface area (Å²) in [5, 5.41) is 19.6. The maximum atomic E-state index is 12.4. The molecule has 2 aromatic heterocycles. The Morgan fingerprint density at radius 2 is 1.88 bits per heavy atom. The van der Waals surface area contributed by atoms with Crippen molar-refractivity contribution in [3.05, 3.63) is 29.3 Å². The minimum absolute atomic E-state index is 0.0995. The molecule has 0 saturated heterocycles. The summed E-state index contributed by atoms with van der Waals surface area (Å²) in [6.07, 6.45) is 2.52. The topological polar surface area (TPSA) is 122 Å². The van der Waals surface area contributed by atoms with Gasteiger partial charge in [-0.3, -0.25) is 19.0 Å². The summed E-state index contributed by atoms with van der Waals surface area (Å²) in [6.45, 7) is 2.26. The van der Waals surface area contributed by atoms with E-state index in [2.05, 4.69) is 15.5 Å². The molecule has 24 heavy (non-hydrogen) atoms. The van der Waals surface area contributed by atoms with Crippen LogP contribution in [0.25, 0.3) is 0 Å². The van der Waals surface area contributed by atoms with E-state index >= 15 is 0 Å². The molecule has 0 spiro atoms. The summed E-state index contributed by atoms with van der Waals surface area (Å²) in [5.74, 6) is -2.27. The second-order valence-electron chi connectivity index (χ2n) is 5.21. The van der Waals surface area contributed by atoms with Crippen LogP contribution in [0.15, 0.2) is 12.4 Å². The summed E-state index contributed by atoms with van der Waals surface area (Å²) < 4.78 is 2.55. The number of anilines is 1. The minimum atomic E-state index is -1.27. The van der Waals surface area contributed by atoms with Crippen molar-refractivity contribution >= 4 is 23.5 Å². The molecule has 2 heterocycles. The normalized spacial score (nSPS) is 10.5. The van der Waals surface area contributed by atoms with Gasteiger partial charge in [-0.2, -0.15) is 10.2 Å². The number of carboxylic acids is 1. The largest absolute Gasteiger partial charge is 0.477 e. The van der Waals surface area contributed by atoms with Crippen LogP contribution < -0.4 is 5.32 Å². The van der Waals surface area contributed by atoms with Gasteiger partial charge in [0.1, 0.15) is 5.69 Å². The Hall–Kier alpha value is -3.17. The molecule has 10 nitrogen and oxygen atoms in total. The van der Waals surface area contributed by atoms with Crippen molar-refractivity contribution in [3.8, 4) is 0 Å². The van der Waals surface area contributed by atoms with E-state index in [0.717, 1.165) is 10.9 Å². The van der Waals surface area contributed by atoms with Crippen LogP contribution in [-0.4, -0.2) is 61.4 Å². The maximum Gasteiger partial charge on any atom is 0.354 e. The quantitative estimate of drug-likeness (QED) is 0.810. The Morgan fingerprint density at radius 1 is 1.21 bits per heavy atom. The van der Waals surface area contributed by atoms with Gasteiger partial charge < -0.3 is 15.3 Å². The molecule has 0 radical (unpaired) electrons. The fourth-order valence-corrected chi connectivity index (χ4v) is 2.20. The number of nitrogens with zero attached hydrogens (tertiary/aromatic N) is 5. The van der Waals surface area contributed by atoms with E-state index in [1.807, 2.05) is 6.92 Å². The number of aromatic carboxylic acids is 1. The van der Waals surface area contributed by atoms with Gasteiger partial charge in [-0.25, -0.2) is 4.79 Å². The molecule has 0 aliphatic carbocycles. The second kappa shape index (κ2) is 6.52. The monoisotopic (exact) mass is 334 g/mol. The Kier molecular flexibility index (Phi) is 4.67. The van der Waals surface area contributed by atoms with Crippen LogP contribution >= 0.6 is 0 Å². The molecule has 2 rings (SSSR count). The molecule has 0 aromatic carbocycles. The molecular weight excluding hydrogens is 316 g/mol. The zero-order chi connectivity index (χ0) is 18.0. The first-order chi connectivity index (χ1) is 11.3. The molecule has 0 atom stereocenters. The van der Waals surface area contributed by atoms with E-state index in [9.17, 15) is 19.5 Å². The van der Waals surface area contributed by atoms with Gasteiger partial charge in [0, 0.05) is 27.7 Å². The van der Waals surface area contributed by atoms with E-state index in [-0.39, 0.29) is 28.5 Å². The van der Waals surface area contributed by atoms with Gasteiger partial charge in [0.25, 0.3) is 11.8 Å². The van der Waals surface area contributed by atoms with Crippen molar-refractivity contribution < 1.29 is 19.5 Å². The Morgan fingerprint density at radius 3 is 2.42 bits per heavy atom. The Labute approximate surface area is 137 Å². The molecule has 0 aliphatic heterocycles. The van der Waals surface area contributed by atoms with Crippen LogP contribution in [0.5, 0.6) is 0 Å². The van der Waals surface area contributed by atoms with Crippen LogP contribution in [0.4, 0.5) is 5.69 Å². The predicted octanol–water partition coefficient (Wildman–Crippen LogP) is 0.289. The number of hydrogen-bond donors (Lipinski definition) is 2. The smallest absolute Gasteiger partial charge is 0.354 e. The number of hydrogen-bond acceptors (Lipinski definition) is 5. The van der Waals surface area contributed by atoms with E-state index in [1.165, 1.54) is 22.8 Å². The standard InChI is InChI=1S/C14H18N6O4/c1-5-20-11(13(22)18(2)3)9(7-16-20)17-12(21)8-6-15-19(4)10(8)14(23)24/h6-7H,5H2,1-4H3,(H,17,21)(H,23,24). The van der Waals surface area contributed by atoms with Crippen LogP contribution in [0, 0.1) is 0 Å². The highest BCUT2D eigenvalue weighted by molar-refractivity contribution is 6.12. The van der Waals surface area contributed by atoms with Crippen molar-refractivity contribution in [1.29, 1.82) is 0 Å². The Balaban J connectivity index is 2.39. The van der Waals surface area contributed by atoms with Crippen LogP contribution in [0.2, 0.25) is 0 Å². The first kappa shape index (κ1) is 17.2. The zero-order valence-corrected chi connectivity index (χ0v) is 13.8. The molecule has 2 N–H and O–H groups in total. The lowest BCUT2D eigenvalue weighted by atomic mass is 10.2. The van der Waals surface area contributed by atoms with Crippen molar-refractivity contribution in [2.45, 2.75) is 13.5 Å².